The van der Waals surface area contributed by atoms with Crippen LogP contribution in [-0.4, -0.2) is 11.7 Å². The maximum absolute atomic E-state index is 9.69. The van der Waals surface area contributed by atoms with Crippen molar-refractivity contribution in [3.05, 3.63) is 0 Å². The van der Waals surface area contributed by atoms with Crippen molar-refractivity contribution in [2.45, 2.75) is 119 Å². The molecule has 6 unspecified atom stereocenters. The molecule has 0 heterocycles. The summed E-state index contributed by atoms with van der Waals surface area (Å²) < 4.78 is 0. The first-order chi connectivity index (χ1) is 14.9. The van der Waals surface area contributed by atoms with Crippen LogP contribution in [0.5, 0.6) is 0 Å². The molecule has 0 radical (unpaired) electrons. The van der Waals surface area contributed by atoms with Crippen LogP contribution in [0.15, 0.2) is 0 Å². The van der Waals surface area contributed by atoms with Crippen molar-refractivity contribution >= 4 is 0 Å². The van der Waals surface area contributed by atoms with Crippen LogP contribution in [0.25, 0.3) is 0 Å². The summed E-state index contributed by atoms with van der Waals surface area (Å²) in [6, 6.07) is 0. The van der Waals surface area contributed by atoms with E-state index >= 15 is 0 Å². The predicted molar refractivity (Wildman–Crippen MR) is 133 cm³/mol. The Hall–Kier alpha value is -0.0400. The molecule has 31 heavy (non-hydrogen) atoms. The van der Waals surface area contributed by atoms with Crippen molar-refractivity contribution in [2.75, 3.05) is 6.61 Å². The van der Waals surface area contributed by atoms with Gasteiger partial charge in [0.2, 0.25) is 0 Å². The first-order valence-corrected chi connectivity index (χ1v) is 14.5. The molecule has 1 heteroatoms. The highest BCUT2D eigenvalue weighted by Gasteiger charge is 2.67. The third kappa shape index (κ3) is 3.49. The summed E-state index contributed by atoms with van der Waals surface area (Å²) in [5.74, 6) is 8.44. The fraction of sp³-hybridized carbons (Fsp3) is 1.00. The van der Waals surface area contributed by atoms with Crippen LogP contribution in [0.3, 0.4) is 0 Å². The van der Waals surface area contributed by atoms with Crippen molar-refractivity contribution in [3.8, 4) is 0 Å². The minimum atomic E-state index is 0.381. The number of hydrogen-bond donors (Lipinski definition) is 1. The summed E-state index contributed by atoms with van der Waals surface area (Å²) in [6.07, 6.45) is 16.8. The van der Waals surface area contributed by atoms with E-state index in [-0.39, 0.29) is 0 Å². The van der Waals surface area contributed by atoms with Crippen LogP contribution in [0.2, 0.25) is 0 Å². The second-order valence-corrected chi connectivity index (χ2v) is 12.9. The van der Waals surface area contributed by atoms with Gasteiger partial charge in [-0.2, -0.15) is 0 Å². The summed E-state index contributed by atoms with van der Waals surface area (Å²) in [5.41, 5.74) is 1.13. The molecule has 0 saturated heterocycles. The normalized spacial score (nSPS) is 51.8. The van der Waals surface area contributed by atoms with Crippen LogP contribution in [0.1, 0.15) is 119 Å². The van der Waals surface area contributed by atoms with E-state index in [1.807, 2.05) is 0 Å². The van der Waals surface area contributed by atoms with Gasteiger partial charge in [-0.05, 0) is 103 Å². The van der Waals surface area contributed by atoms with E-state index in [2.05, 4.69) is 41.5 Å². The van der Waals surface area contributed by atoms with E-state index in [9.17, 15) is 5.11 Å². The molecule has 4 fully saturated rings. The SMILES string of the molecule is CCC1C(CC)[C@@H]2[C@@H](CC[C@]3(C)C(CCCO)C(CC)C(CC)[C@@H]23)[C@@]2(C)CCCCC12. The quantitative estimate of drug-likeness (QED) is 0.430. The van der Waals surface area contributed by atoms with Gasteiger partial charge in [0.25, 0.3) is 0 Å². The average Bonchev–Trinajstić information content (AvgIpc) is 3.03. The topological polar surface area (TPSA) is 20.2 Å². The summed E-state index contributed by atoms with van der Waals surface area (Å²) in [5, 5.41) is 9.69. The van der Waals surface area contributed by atoms with E-state index in [1.54, 1.807) is 0 Å². The summed E-state index contributed by atoms with van der Waals surface area (Å²) in [4.78, 5) is 0. The fourth-order valence-electron chi connectivity index (χ4n) is 11.4. The molecule has 0 aliphatic heterocycles. The molecule has 4 saturated carbocycles. The number of aliphatic hydroxyl groups is 1. The Morgan fingerprint density at radius 3 is 2.00 bits per heavy atom. The van der Waals surface area contributed by atoms with E-state index < -0.39 is 0 Å². The third-order valence-electron chi connectivity index (χ3n) is 12.3. The standard InChI is InChI=1S/C30H54O/c1-7-20-22(9-3)27-26(29(5)17-12-11-14-24(20)29)16-18-30(6)25(15-13-19-31)21(8-2)23(10-4)28(27)30/h20-28,31H,7-19H2,1-6H3/t20?,21?,22?,23?,24?,25?,26-,27-,28+,29+,30-/m1/s1. The Kier molecular flexibility index (Phi) is 7.23. The van der Waals surface area contributed by atoms with Crippen LogP contribution in [0.4, 0.5) is 0 Å². The highest BCUT2D eigenvalue weighted by Crippen LogP contribution is 2.73. The summed E-state index contributed by atoms with van der Waals surface area (Å²) in [6.45, 7) is 15.9. The highest BCUT2D eigenvalue weighted by atomic mass is 16.2. The van der Waals surface area contributed by atoms with E-state index in [0.29, 0.717) is 17.4 Å². The van der Waals surface area contributed by atoms with E-state index in [4.69, 9.17) is 0 Å². The van der Waals surface area contributed by atoms with Crippen molar-refractivity contribution in [3.63, 3.8) is 0 Å². The Bertz CT molecular complexity index is 599. The van der Waals surface area contributed by atoms with Gasteiger partial charge in [0, 0.05) is 6.61 Å². The molecule has 1 nitrogen and oxygen atoms in total. The van der Waals surface area contributed by atoms with Gasteiger partial charge in [0.05, 0.1) is 0 Å². The van der Waals surface area contributed by atoms with Gasteiger partial charge in [0.15, 0.2) is 0 Å². The fourth-order valence-corrected chi connectivity index (χ4v) is 11.4. The van der Waals surface area contributed by atoms with Gasteiger partial charge in [0.1, 0.15) is 0 Å². The molecule has 0 amide bonds. The van der Waals surface area contributed by atoms with E-state index in [0.717, 1.165) is 59.7 Å². The molecular formula is C30H54O. The van der Waals surface area contributed by atoms with Gasteiger partial charge >= 0.3 is 0 Å². The molecular weight excluding hydrogens is 376 g/mol. The maximum atomic E-state index is 9.69. The first-order valence-electron chi connectivity index (χ1n) is 14.5. The molecule has 0 aromatic heterocycles. The number of rotatable bonds is 7. The van der Waals surface area contributed by atoms with Crippen LogP contribution in [0, 0.1) is 64.1 Å². The molecule has 4 rings (SSSR count). The number of hydrogen-bond acceptors (Lipinski definition) is 1. The minimum Gasteiger partial charge on any atom is -0.396 e. The first kappa shape index (κ1) is 24.1. The third-order valence-corrected chi connectivity index (χ3v) is 12.3. The van der Waals surface area contributed by atoms with Crippen molar-refractivity contribution in [1.82, 2.24) is 0 Å². The van der Waals surface area contributed by atoms with Crippen molar-refractivity contribution in [1.29, 1.82) is 0 Å². The number of aliphatic hydroxyl groups excluding tert-OH is 1. The van der Waals surface area contributed by atoms with Crippen molar-refractivity contribution < 1.29 is 5.11 Å². The molecule has 180 valence electrons. The smallest absolute Gasteiger partial charge is 0.0431 e. The Labute approximate surface area is 194 Å². The lowest BCUT2D eigenvalue weighted by molar-refractivity contribution is -0.175. The highest BCUT2D eigenvalue weighted by molar-refractivity contribution is 5.15. The monoisotopic (exact) mass is 430 g/mol. The van der Waals surface area contributed by atoms with Crippen LogP contribution >= 0.6 is 0 Å². The zero-order valence-electron chi connectivity index (χ0n) is 21.8. The molecule has 0 aromatic carbocycles. The average molecular weight is 431 g/mol. The molecule has 1 N–H and O–H groups in total. The molecule has 4 aliphatic carbocycles. The lowest BCUT2D eigenvalue weighted by Gasteiger charge is -2.66. The molecule has 0 bridgehead atoms. The Morgan fingerprint density at radius 1 is 0.710 bits per heavy atom. The largest absolute Gasteiger partial charge is 0.396 e. The predicted octanol–water partition coefficient (Wildman–Crippen LogP) is 8.35. The van der Waals surface area contributed by atoms with Crippen LogP contribution in [-0.2, 0) is 0 Å². The van der Waals surface area contributed by atoms with Gasteiger partial charge in [-0.15, -0.1) is 0 Å². The Morgan fingerprint density at radius 2 is 1.39 bits per heavy atom. The summed E-state index contributed by atoms with van der Waals surface area (Å²) >= 11 is 0. The van der Waals surface area contributed by atoms with Gasteiger partial charge in [-0.3, -0.25) is 0 Å². The lowest BCUT2D eigenvalue weighted by atomic mass is 9.39. The summed E-state index contributed by atoms with van der Waals surface area (Å²) in [7, 11) is 0. The van der Waals surface area contributed by atoms with Gasteiger partial charge in [-0.1, -0.05) is 80.1 Å². The zero-order chi connectivity index (χ0) is 22.4. The molecule has 0 aromatic rings. The van der Waals surface area contributed by atoms with Crippen LogP contribution < -0.4 is 0 Å². The minimum absolute atomic E-state index is 0.381. The maximum Gasteiger partial charge on any atom is 0.0431 e. The molecule has 4 aliphatic rings. The molecule has 0 spiro atoms. The number of fused-ring (bicyclic) bond motifs is 5. The van der Waals surface area contributed by atoms with Gasteiger partial charge in [-0.25, -0.2) is 0 Å². The van der Waals surface area contributed by atoms with Gasteiger partial charge < -0.3 is 5.11 Å². The molecule has 11 atom stereocenters. The second-order valence-electron chi connectivity index (χ2n) is 12.9. The van der Waals surface area contributed by atoms with E-state index in [1.165, 1.54) is 70.6 Å². The Balaban J connectivity index is 1.79. The van der Waals surface area contributed by atoms with Crippen molar-refractivity contribution in [2.24, 2.45) is 64.1 Å². The lowest BCUT2D eigenvalue weighted by Crippen LogP contribution is -2.59. The second kappa shape index (κ2) is 9.31. The zero-order valence-corrected chi connectivity index (χ0v) is 21.8.